The molecular weight excluding hydrogens is 320 g/mol. The fraction of sp³-hybridized carbons (Fsp3) is 0.167. The van der Waals surface area contributed by atoms with Crippen molar-refractivity contribution >= 4 is 22.6 Å². The van der Waals surface area contributed by atoms with Crippen molar-refractivity contribution < 1.29 is 8.81 Å². The van der Waals surface area contributed by atoms with Crippen molar-refractivity contribution in [3.8, 4) is 0 Å². The Labute approximate surface area is 107 Å². The Bertz CT molecular complexity index is 470. The van der Waals surface area contributed by atoms with Gasteiger partial charge < -0.3 is 10.2 Å². The Morgan fingerprint density at radius 2 is 2.19 bits per heavy atom. The number of benzene rings is 1. The highest BCUT2D eigenvalue weighted by molar-refractivity contribution is 14.1. The summed E-state index contributed by atoms with van der Waals surface area (Å²) in [5.74, 6) is 0.603. The van der Waals surface area contributed by atoms with Gasteiger partial charge in [0, 0.05) is 16.0 Å². The Hall–Kier alpha value is -0.880. The van der Waals surface area contributed by atoms with E-state index in [-0.39, 0.29) is 11.9 Å². The van der Waals surface area contributed by atoms with Crippen LogP contribution in [0.1, 0.15) is 17.4 Å². The van der Waals surface area contributed by atoms with Gasteiger partial charge >= 0.3 is 0 Å². The fourth-order valence-electron chi connectivity index (χ4n) is 1.56. The van der Waals surface area contributed by atoms with E-state index in [1.165, 1.54) is 12.1 Å². The maximum atomic E-state index is 12.9. The standard InChI is InChI=1S/C12H11FINO/c13-8-3-4-10(11(14)6-8)12(15)7-9-2-1-5-16-9/h1-6,12H,7,15H2. The van der Waals surface area contributed by atoms with Gasteiger partial charge in [-0.15, -0.1) is 0 Å². The summed E-state index contributed by atoms with van der Waals surface area (Å²) in [6.07, 6.45) is 2.24. The monoisotopic (exact) mass is 331 g/mol. The maximum Gasteiger partial charge on any atom is 0.124 e. The average molecular weight is 331 g/mol. The van der Waals surface area contributed by atoms with Crippen LogP contribution in [0.15, 0.2) is 41.0 Å². The summed E-state index contributed by atoms with van der Waals surface area (Å²) in [7, 11) is 0. The van der Waals surface area contributed by atoms with Crippen molar-refractivity contribution in [2.45, 2.75) is 12.5 Å². The van der Waals surface area contributed by atoms with Crippen LogP contribution in [0.5, 0.6) is 0 Å². The Morgan fingerprint density at radius 3 is 2.81 bits per heavy atom. The van der Waals surface area contributed by atoms with Gasteiger partial charge in [-0.2, -0.15) is 0 Å². The molecule has 2 N–H and O–H groups in total. The second-order valence-corrected chi connectivity index (χ2v) is 4.72. The minimum Gasteiger partial charge on any atom is -0.469 e. The highest BCUT2D eigenvalue weighted by Crippen LogP contribution is 2.22. The molecule has 1 atom stereocenters. The normalized spacial score (nSPS) is 12.7. The molecule has 84 valence electrons. The lowest BCUT2D eigenvalue weighted by Gasteiger charge is -2.12. The van der Waals surface area contributed by atoms with Crippen molar-refractivity contribution in [3.05, 3.63) is 57.3 Å². The molecule has 1 unspecified atom stereocenters. The van der Waals surface area contributed by atoms with Crippen molar-refractivity contribution in [3.63, 3.8) is 0 Å². The van der Waals surface area contributed by atoms with E-state index in [1.54, 1.807) is 12.3 Å². The smallest absolute Gasteiger partial charge is 0.124 e. The molecule has 0 bridgehead atoms. The molecule has 1 aromatic heterocycles. The largest absolute Gasteiger partial charge is 0.469 e. The molecule has 0 radical (unpaired) electrons. The van der Waals surface area contributed by atoms with Crippen LogP contribution in [-0.4, -0.2) is 0 Å². The van der Waals surface area contributed by atoms with Crippen LogP contribution in [0.25, 0.3) is 0 Å². The third-order valence-electron chi connectivity index (χ3n) is 2.36. The van der Waals surface area contributed by atoms with Gasteiger partial charge in [0.1, 0.15) is 11.6 Å². The maximum absolute atomic E-state index is 12.9. The SMILES string of the molecule is NC(Cc1ccco1)c1ccc(F)cc1I. The summed E-state index contributed by atoms with van der Waals surface area (Å²) in [6, 6.07) is 8.19. The quantitative estimate of drug-likeness (QED) is 0.877. The molecule has 0 spiro atoms. The molecule has 0 saturated heterocycles. The van der Waals surface area contributed by atoms with Crippen LogP contribution in [0, 0.1) is 9.39 Å². The van der Waals surface area contributed by atoms with Crippen LogP contribution >= 0.6 is 22.6 Å². The van der Waals surface area contributed by atoms with E-state index >= 15 is 0 Å². The van der Waals surface area contributed by atoms with Crippen LogP contribution in [0.3, 0.4) is 0 Å². The first-order chi connectivity index (χ1) is 7.66. The van der Waals surface area contributed by atoms with Crippen LogP contribution in [0.4, 0.5) is 4.39 Å². The summed E-state index contributed by atoms with van der Waals surface area (Å²) < 4.78 is 19.0. The number of halogens is 2. The van der Waals surface area contributed by atoms with E-state index in [9.17, 15) is 4.39 Å². The molecule has 1 aromatic carbocycles. The molecular formula is C12H11FINO. The Kier molecular flexibility index (Phi) is 3.60. The van der Waals surface area contributed by atoms with E-state index < -0.39 is 0 Å². The highest BCUT2D eigenvalue weighted by Gasteiger charge is 2.12. The number of hydrogen-bond acceptors (Lipinski definition) is 2. The zero-order valence-electron chi connectivity index (χ0n) is 8.49. The van der Waals surface area contributed by atoms with Crippen molar-refractivity contribution in [2.75, 3.05) is 0 Å². The van der Waals surface area contributed by atoms with Gasteiger partial charge in [-0.3, -0.25) is 0 Å². The van der Waals surface area contributed by atoms with E-state index in [1.807, 2.05) is 12.1 Å². The van der Waals surface area contributed by atoms with Crippen molar-refractivity contribution in [1.82, 2.24) is 0 Å². The first kappa shape index (κ1) is 11.6. The molecule has 16 heavy (non-hydrogen) atoms. The fourth-order valence-corrected chi connectivity index (χ4v) is 2.43. The third kappa shape index (κ3) is 2.62. The van der Waals surface area contributed by atoms with Gasteiger partial charge in [0.05, 0.1) is 6.26 Å². The molecule has 2 rings (SSSR count). The summed E-state index contributed by atoms with van der Waals surface area (Å²) >= 11 is 2.09. The summed E-state index contributed by atoms with van der Waals surface area (Å²) in [5.41, 5.74) is 6.99. The molecule has 2 nitrogen and oxygen atoms in total. The lowest BCUT2D eigenvalue weighted by molar-refractivity contribution is 0.488. The zero-order chi connectivity index (χ0) is 11.5. The van der Waals surface area contributed by atoms with Gasteiger partial charge in [-0.05, 0) is 52.4 Å². The Balaban J connectivity index is 2.17. The Morgan fingerprint density at radius 1 is 1.38 bits per heavy atom. The minimum absolute atomic E-state index is 0.168. The predicted octanol–water partition coefficient (Wildman–Crippen LogP) is 3.27. The van der Waals surface area contributed by atoms with Crippen LogP contribution in [0.2, 0.25) is 0 Å². The topological polar surface area (TPSA) is 39.2 Å². The molecule has 2 aromatic rings. The van der Waals surface area contributed by atoms with E-state index in [4.69, 9.17) is 10.2 Å². The van der Waals surface area contributed by atoms with Crippen LogP contribution < -0.4 is 5.73 Å². The number of nitrogens with two attached hydrogens (primary N) is 1. The van der Waals surface area contributed by atoms with E-state index in [2.05, 4.69) is 22.6 Å². The van der Waals surface area contributed by atoms with Gasteiger partial charge in [0.15, 0.2) is 0 Å². The first-order valence-electron chi connectivity index (χ1n) is 4.89. The predicted molar refractivity (Wildman–Crippen MR) is 68.5 cm³/mol. The summed E-state index contributed by atoms with van der Waals surface area (Å²) in [6.45, 7) is 0. The van der Waals surface area contributed by atoms with Gasteiger partial charge in [0.25, 0.3) is 0 Å². The highest BCUT2D eigenvalue weighted by atomic mass is 127. The molecule has 1 heterocycles. The molecule has 4 heteroatoms. The second kappa shape index (κ2) is 4.97. The lowest BCUT2D eigenvalue weighted by atomic mass is 10.0. The molecule has 0 fully saturated rings. The van der Waals surface area contributed by atoms with Gasteiger partial charge in [0.2, 0.25) is 0 Å². The lowest BCUT2D eigenvalue weighted by Crippen LogP contribution is -2.14. The molecule has 0 amide bonds. The van der Waals surface area contributed by atoms with E-state index in [0.29, 0.717) is 6.42 Å². The second-order valence-electron chi connectivity index (χ2n) is 3.56. The molecule has 0 saturated carbocycles. The van der Waals surface area contributed by atoms with Crippen molar-refractivity contribution in [2.24, 2.45) is 5.73 Å². The summed E-state index contributed by atoms with van der Waals surface area (Å²) in [5, 5.41) is 0. The average Bonchev–Trinajstić information content (AvgIpc) is 2.70. The van der Waals surface area contributed by atoms with Crippen LogP contribution in [-0.2, 0) is 6.42 Å². The number of furan rings is 1. The van der Waals surface area contributed by atoms with Crippen molar-refractivity contribution in [1.29, 1.82) is 0 Å². The van der Waals surface area contributed by atoms with Gasteiger partial charge in [-0.1, -0.05) is 6.07 Å². The molecule has 0 aliphatic carbocycles. The molecule has 0 aliphatic rings. The number of rotatable bonds is 3. The molecule has 0 aliphatic heterocycles. The third-order valence-corrected chi connectivity index (χ3v) is 3.30. The minimum atomic E-state index is -0.238. The van der Waals surface area contributed by atoms with Gasteiger partial charge in [-0.25, -0.2) is 4.39 Å². The first-order valence-corrected chi connectivity index (χ1v) is 5.97. The number of hydrogen-bond donors (Lipinski definition) is 1. The zero-order valence-corrected chi connectivity index (χ0v) is 10.6. The summed E-state index contributed by atoms with van der Waals surface area (Å²) in [4.78, 5) is 0. The van der Waals surface area contributed by atoms with E-state index in [0.717, 1.165) is 14.9 Å².